The molecule has 0 aromatic rings. The number of methoxy groups -OCH3 is 2. The minimum Gasteiger partial charge on any atom is -0.493 e. The fraction of sp³-hybridized carbons (Fsp3) is 0.533. The summed E-state index contributed by atoms with van der Waals surface area (Å²) >= 11 is 0. The first-order valence-corrected chi connectivity index (χ1v) is 6.25. The molecule has 0 radical (unpaired) electrons. The second kappa shape index (κ2) is 4.63. The van der Waals surface area contributed by atoms with Crippen LogP contribution in [0.5, 0.6) is 0 Å². The molecule has 0 heterocycles. The van der Waals surface area contributed by atoms with Crippen molar-refractivity contribution in [2.45, 2.75) is 33.1 Å². The molecule has 0 bridgehead atoms. The SMILES string of the molecule is COC1=CC2(C=C(OC)C1=O)CCC(C)=C(C)C2. The van der Waals surface area contributed by atoms with Crippen LogP contribution >= 0.6 is 0 Å². The molecule has 0 saturated heterocycles. The van der Waals surface area contributed by atoms with Gasteiger partial charge in [-0.1, -0.05) is 11.1 Å². The summed E-state index contributed by atoms with van der Waals surface area (Å²) in [5.74, 6) is 0.651. The quantitative estimate of drug-likeness (QED) is 0.704. The van der Waals surface area contributed by atoms with Gasteiger partial charge in [-0.2, -0.15) is 0 Å². The summed E-state index contributed by atoms with van der Waals surface area (Å²) in [6.45, 7) is 4.34. The van der Waals surface area contributed by atoms with Gasteiger partial charge in [0.05, 0.1) is 14.2 Å². The Labute approximate surface area is 108 Å². The lowest BCUT2D eigenvalue weighted by Gasteiger charge is -2.36. The van der Waals surface area contributed by atoms with Gasteiger partial charge in [0.1, 0.15) is 0 Å². The predicted molar refractivity (Wildman–Crippen MR) is 69.8 cm³/mol. The van der Waals surface area contributed by atoms with Crippen molar-refractivity contribution in [1.29, 1.82) is 0 Å². The third kappa shape index (κ3) is 2.09. The van der Waals surface area contributed by atoms with Gasteiger partial charge in [0.2, 0.25) is 0 Å². The van der Waals surface area contributed by atoms with E-state index >= 15 is 0 Å². The van der Waals surface area contributed by atoms with Crippen molar-refractivity contribution in [3.05, 3.63) is 34.8 Å². The number of ketones is 1. The first kappa shape index (κ1) is 12.9. The highest BCUT2D eigenvalue weighted by Gasteiger charge is 2.37. The number of carbonyl (C=O) groups excluding carboxylic acids is 1. The smallest absolute Gasteiger partial charge is 0.261 e. The Hall–Kier alpha value is -1.51. The average Bonchev–Trinajstić information content (AvgIpc) is 2.37. The van der Waals surface area contributed by atoms with E-state index in [9.17, 15) is 4.79 Å². The van der Waals surface area contributed by atoms with Crippen LogP contribution in [0, 0.1) is 5.41 Å². The van der Waals surface area contributed by atoms with Gasteiger partial charge in [0.25, 0.3) is 5.78 Å². The molecule has 0 atom stereocenters. The largest absolute Gasteiger partial charge is 0.493 e. The summed E-state index contributed by atoms with van der Waals surface area (Å²) in [4.78, 5) is 12.0. The minimum absolute atomic E-state index is 0.117. The molecule has 0 aliphatic heterocycles. The summed E-state index contributed by atoms with van der Waals surface area (Å²) in [5.41, 5.74) is 2.74. The molecule has 0 N–H and O–H groups in total. The zero-order chi connectivity index (χ0) is 13.3. The Morgan fingerprint density at radius 3 is 2.06 bits per heavy atom. The number of Topliss-reactive ketones (excluding diaryl/α,β-unsaturated/α-hetero) is 1. The van der Waals surface area contributed by atoms with Crippen LogP contribution in [0.25, 0.3) is 0 Å². The molecule has 2 aliphatic carbocycles. The molecule has 0 amide bonds. The lowest BCUT2D eigenvalue weighted by Crippen LogP contribution is -2.28. The molecule has 3 nitrogen and oxygen atoms in total. The fourth-order valence-corrected chi connectivity index (χ4v) is 2.73. The van der Waals surface area contributed by atoms with Gasteiger partial charge in [0, 0.05) is 5.41 Å². The molecule has 18 heavy (non-hydrogen) atoms. The van der Waals surface area contributed by atoms with Gasteiger partial charge in [-0.25, -0.2) is 0 Å². The number of allylic oxidation sites excluding steroid dienone is 4. The lowest BCUT2D eigenvalue weighted by molar-refractivity contribution is -0.118. The highest BCUT2D eigenvalue weighted by Crippen LogP contribution is 2.45. The molecule has 98 valence electrons. The maximum absolute atomic E-state index is 12.0. The number of ether oxygens (including phenoxy) is 2. The molecule has 2 aliphatic rings. The highest BCUT2D eigenvalue weighted by molar-refractivity contribution is 6.06. The van der Waals surface area contributed by atoms with Gasteiger partial charge >= 0.3 is 0 Å². The Morgan fingerprint density at radius 2 is 1.61 bits per heavy atom. The van der Waals surface area contributed by atoms with Crippen LogP contribution in [-0.2, 0) is 14.3 Å². The van der Waals surface area contributed by atoms with E-state index in [2.05, 4.69) is 13.8 Å². The van der Waals surface area contributed by atoms with Gasteiger partial charge in [-0.15, -0.1) is 0 Å². The molecule has 0 aromatic carbocycles. The predicted octanol–water partition coefficient (Wildman–Crippen LogP) is 3.14. The van der Waals surface area contributed by atoms with Crippen LogP contribution < -0.4 is 0 Å². The first-order valence-electron chi connectivity index (χ1n) is 6.25. The van der Waals surface area contributed by atoms with Crippen LogP contribution in [0.2, 0.25) is 0 Å². The van der Waals surface area contributed by atoms with Crippen LogP contribution in [0.4, 0.5) is 0 Å². The fourth-order valence-electron chi connectivity index (χ4n) is 2.73. The number of carbonyl (C=O) groups is 1. The van der Waals surface area contributed by atoms with Crippen molar-refractivity contribution < 1.29 is 14.3 Å². The normalized spacial score (nSPS) is 22.8. The van der Waals surface area contributed by atoms with Gasteiger partial charge in [-0.3, -0.25) is 4.79 Å². The molecule has 2 rings (SSSR count). The Bertz CT molecular complexity index is 442. The molecular weight excluding hydrogens is 228 g/mol. The summed E-state index contributed by atoms with van der Waals surface area (Å²) < 4.78 is 10.4. The Balaban J connectivity index is 2.41. The molecule has 0 aromatic heterocycles. The molecule has 0 fully saturated rings. The monoisotopic (exact) mass is 248 g/mol. The summed E-state index contributed by atoms with van der Waals surface area (Å²) in [7, 11) is 3.07. The van der Waals surface area contributed by atoms with E-state index in [4.69, 9.17) is 9.47 Å². The molecule has 1 spiro atoms. The Morgan fingerprint density at radius 1 is 1.06 bits per heavy atom. The second-order valence-corrected chi connectivity index (χ2v) is 5.23. The summed E-state index contributed by atoms with van der Waals surface area (Å²) in [5, 5.41) is 0. The van der Waals surface area contributed by atoms with Crippen molar-refractivity contribution >= 4 is 5.78 Å². The zero-order valence-corrected chi connectivity index (χ0v) is 11.5. The van der Waals surface area contributed by atoms with Gasteiger partial charge in [-0.05, 0) is 45.3 Å². The van der Waals surface area contributed by atoms with Crippen LogP contribution in [0.15, 0.2) is 34.8 Å². The van der Waals surface area contributed by atoms with Crippen molar-refractivity contribution in [3.63, 3.8) is 0 Å². The Kier molecular flexibility index (Phi) is 3.33. The molecule has 3 heteroatoms. The second-order valence-electron chi connectivity index (χ2n) is 5.23. The van der Waals surface area contributed by atoms with Crippen molar-refractivity contribution in [2.75, 3.05) is 14.2 Å². The van der Waals surface area contributed by atoms with E-state index in [0.717, 1.165) is 19.3 Å². The average molecular weight is 248 g/mol. The number of rotatable bonds is 2. The molecule has 0 saturated carbocycles. The third-order valence-corrected chi connectivity index (χ3v) is 4.01. The van der Waals surface area contributed by atoms with Crippen molar-refractivity contribution in [3.8, 4) is 0 Å². The maximum Gasteiger partial charge on any atom is 0.261 e. The van der Waals surface area contributed by atoms with E-state index < -0.39 is 0 Å². The minimum atomic E-state index is -0.158. The summed E-state index contributed by atoms with van der Waals surface area (Å²) in [6, 6.07) is 0. The number of hydrogen-bond acceptors (Lipinski definition) is 3. The highest BCUT2D eigenvalue weighted by atomic mass is 16.5. The van der Waals surface area contributed by atoms with E-state index in [1.54, 1.807) is 0 Å². The van der Waals surface area contributed by atoms with Crippen LogP contribution in [0.1, 0.15) is 33.1 Å². The van der Waals surface area contributed by atoms with Crippen molar-refractivity contribution in [2.24, 2.45) is 5.41 Å². The molecular formula is C15H20O3. The van der Waals surface area contributed by atoms with E-state index in [-0.39, 0.29) is 11.2 Å². The van der Waals surface area contributed by atoms with Crippen molar-refractivity contribution in [1.82, 2.24) is 0 Å². The lowest BCUT2D eigenvalue weighted by atomic mass is 9.69. The van der Waals surface area contributed by atoms with E-state index in [1.807, 2.05) is 12.2 Å². The van der Waals surface area contributed by atoms with E-state index in [1.165, 1.54) is 25.4 Å². The standard InChI is InChI=1S/C15H20O3/c1-10-5-6-15(7-11(10)2)8-12(17-3)14(16)13(9-15)18-4/h8-9H,5-7H2,1-4H3. The maximum atomic E-state index is 12.0. The molecule has 0 unspecified atom stereocenters. The number of hydrogen-bond donors (Lipinski definition) is 0. The van der Waals surface area contributed by atoms with Crippen LogP contribution in [0.3, 0.4) is 0 Å². The topological polar surface area (TPSA) is 35.5 Å². The summed E-state index contributed by atoms with van der Waals surface area (Å²) in [6.07, 6.45) is 6.93. The van der Waals surface area contributed by atoms with Crippen LogP contribution in [-0.4, -0.2) is 20.0 Å². The van der Waals surface area contributed by atoms with E-state index in [0.29, 0.717) is 11.5 Å². The third-order valence-electron chi connectivity index (χ3n) is 4.01. The zero-order valence-electron chi connectivity index (χ0n) is 11.5. The van der Waals surface area contributed by atoms with Gasteiger partial charge in [0.15, 0.2) is 11.5 Å². The first-order chi connectivity index (χ1) is 8.51. The van der Waals surface area contributed by atoms with Gasteiger partial charge < -0.3 is 9.47 Å².